The molecule has 0 aliphatic carbocycles. The number of aromatic nitrogens is 4. The van der Waals surface area contributed by atoms with Gasteiger partial charge in [0.25, 0.3) is 0 Å². The van der Waals surface area contributed by atoms with Crippen molar-refractivity contribution in [3.05, 3.63) is 82.1 Å². The van der Waals surface area contributed by atoms with Crippen molar-refractivity contribution in [1.29, 1.82) is 0 Å². The predicted molar refractivity (Wildman–Crippen MR) is 182 cm³/mol. The lowest BCUT2D eigenvalue weighted by Gasteiger charge is -2.39. The van der Waals surface area contributed by atoms with Crippen LogP contribution in [0.1, 0.15) is 31.2 Å². The van der Waals surface area contributed by atoms with Crippen LogP contribution in [-0.2, 0) is 22.7 Å². The van der Waals surface area contributed by atoms with Gasteiger partial charge in [-0.2, -0.15) is 0 Å². The van der Waals surface area contributed by atoms with E-state index in [4.69, 9.17) is 42.6 Å². The van der Waals surface area contributed by atoms with Gasteiger partial charge in [0, 0.05) is 73.2 Å². The molecule has 248 valence electrons. The average Bonchev–Trinajstić information content (AvgIpc) is 3.49. The molecule has 12 nitrogen and oxygen atoms in total. The molecule has 0 bridgehead atoms. The topological polar surface area (TPSA) is 143 Å². The molecule has 2 fully saturated rings. The Morgan fingerprint density at radius 3 is 1.94 bits per heavy atom. The Labute approximate surface area is 287 Å². The van der Waals surface area contributed by atoms with E-state index in [-0.39, 0.29) is 17.9 Å². The number of rotatable bonds is 11. The lowest BCUT2D eigenvalue weighted by Crippen LogP contribution is -2.59. The Morgan fingerprint density at radius 2 is 1.44 bits per heavy atom. The number of hydrogen-bond donors (Lipinski definition) is 3. The van der Waals surface area contributed by atoms with Gasteiger partial charge in [-0.05, 0) is 6.42 Å². The first-order chi connectivity index (χ1) is 23.2. The second kappa shape index (κ2) is 14.5. The number of halogens is 2. The fraction of sp³-hybridized carbons (Fsp3) is 0.294. The zero-order chi connectivity index (χ0) is 33.8. The predicted octanol–water partition coefficient (Wildman–Crippen LogP) is 4.75. The van der Waals surface area contributed by atoms with E-state index < -0.39 is 0 Å². The second-order valence-corrected chi connectivity index (χ2v) is 12.1. The standard InChI is InChI=1S/C34H34Cl2N8O4/c1-19(45)44-17-21(18-44)38-16-29-34(48-3)43-27(15-40-29)25-9-5-7-23(32(25)36)22-6-4-8-24(31(22)35)26-14-39-28(33(42-26)47-2)13-37-12-20-10-11-30(46)41-20/h4-9,12,14-15,21,37-38H,10-11,13,16-18H2,1-3H3,(H,41,46)/b20-12+. The van der Waals surface area contributed by atoms with Crippen LogP contribution in [0, 0.1) is 0 Å². The number of allylic oxidation sites excluding steroid dienone is 1. The number of nitrogens with one attached hydrogen (secondary N) is 3. The Balaban J connectivity index is 1.22. The minimum Gasteiger partial charge on any atom is -0.480 e. The van der Waals surface area contributed by atoms with Crippen LogP contribution in [0.15, 0.2) is 60.7 Å². The largest absolute Gasteiger partial charge is 0.480 e. The first-order valence-electron chi connectivity index (χ1n) is 15.3. The van der Waals surface area contributed by atoms with Gasteiger partial charge in [0.15, 0.2) is 0 Å². The van der Waals surface area contributed by atoms with E-state index in [1.54, 1.807) is 37.5 Å². The van der Waals surface area contributed by atoms with E-state index >= 15 is 0 Å². The van der Waals surface area contributed by atoms with Crippen LogP contribution < -0.4 is 25.4 Å². The lowest BCUT2D eigenvalue weighted by molar-refractivity contribution is -0.133. The molecule has 4 heterocycles. The van der Waals surface area contributed by atoms with Gasteiger partial charge in [-0.15, -0.1) is 0 Å². The van der Waals surface area contributed by atoms with Crippen molar-refractivity contribution in [2.45, 2.75) is 38.9 Å². The van der Waals surface area contributed by atoms with Crippen LogP contribution in [0.25, 0.3) is 33.6 Å². The van der Waals surface area contributed by atoms with Crippen LogP contribution >= 0.6 is 23.2 Å². The lowest BCUT2D eigenvalue weighted by atomic mass is 9.98. The third kappa shape index (κ3) is 7.05. The highest BCUT2D eigenvalue weighted by Gasteiger charge is 2.28. The molecule has 0 unspecified atom stereocenters. The average molecular weight is 690 g/mol. The molecular formula is C34H34Cl2N8O4. The number of ether oxygens (including phenoxy) is 2. The number of carbonyl (C=O) groups excluding carboxylic acids is 2. The second-order valence-electron chi connectivity index (χ2n) is 11.4. The number of benzene rings is 2. The van der Waals surface area contributed by atoms with E-state index in [0.717, 1.165) is 5.70 Å². The van der Waals surface area contributed by atoms with Crippen LogP contribution in [0.5, 0.6) is 11.8 Å². The third-order valence-corrected chi connectivity index (χ3v) is 9.02. The smallest absolute Gasteiger partial charge is 0.237 e. The molecular weight excluding hydrogens is 655 g/mol. The number of methoxy groups -OCH3 is 2. The summed E-state index contributed by atoms with van der Waals surface area (Å²) < 4.78 is 11.1. The highest BCUT2D eigenvalue weighted by atomic mass is 35.5. The van der Waals surface area contributed by atoms with Gasteiger partial charge in [0.1, 0.15) is 11.4 Å². The van der Waals surface area contributed by atoms with Gasteiger partial charge >= 0.3 is 0 Å². The molecule has 2 aliphatic rings. The highest BCUT2D eigenvalue weighted by molar-refractivity contribution is 6.39. The Morgan fingerprint density at radius 1 is 0.896 bits per heavy atom. The van der Waals surface area contributed by atoms with Crippen LogP contribution in [0.4, 0.5) is 0 Å². The summed E-state index contributed by atoms with van der Waals surface area (Å²) in [5.41, 5.74) is 5.92. The molecule has 4 aromatic rings. The number of hydrogen-bond acceptors (Lipinski definition) is 10. The molecule has 2 aromatic heterocycles. The normalized spacial score (nSPS) is 15.3. The molecule has 3 N–H and O–H groups in total. The molecule has 0 spiro atoms. The quantitative estimate of drug-likeness (QED) is 0.202. The maximum Gasteiger partial charge on any atom is 0.237 e. The van der Waals surface area contributed by atoms with Crippen molar-refractivity contribution >= 4 is 35.0 Å². The first-order valence-corrected chi connectivity index (χ1v) is 16.1. The fourth-order valence-corrected chi connectivity index (χ4v) is 6.19. The number of nitrogens with zero attached hydrogens (tertiary/aromatic N) is 5. The maximum atomic E-state index is 11.5. The Kier molecular flexibility index (Phi) is 10.0. The van der Waals surface area contributed by atoms with Crippen molar-refractivity contribution < 1.29 is 19.1 Å². The molecule has 2 aromatic carbocycles. The van der Waals surface area contributed by atoms with Crippen molar-refractivity contribution in [1.82, 2.24) is 40.8 Å². The molecule has 2 aliphatic heterocycles. The van der Waals surface area contributed by atoms with E-state index in [1.807, 2.05) is 36.4 Å². The van der Waals surface area contributed by atoms with Crippen LogP contribution in [-0.4, -0.2) is 70.0 Å². The molecule has 0 radical (unpaired) electrons. The van der Waals surface area contributed by atoms with E-state index in [0.29, 0.717) is 106 Å². The van der Waals surface area contributed by atoms with Gasteiger partial charge in [-0.1, -0.05) is 59.6 Å². The fourth-order valence-electron chi connectivity index (χ4n) is 5.54. The van der Waals surface area contributed by atoms with Crippen molar-refractivity contribution in [3.8, 4) is 45.4 Å². The summed E-state index contributed by atoms with van der Waals surface area (Å²) in [4.78, 5) is 43.3. The van der Waals surface area contributed by atoms with Crippen LogP contribution in [0.2, 0.25) is 10.0 Å². The summed E-state index contributed by atoms with van der Waals surface area (Å²) in [5, 5.41) is 10.3. The first kappa shape index (κ1) is 33.1. The SMILES string of the molecule is COc1nc(-c2cccc(-c3cccc(-c4cnc(CNC5CN(C(C)=O)C5)c(OC)n4)c3Cl)c2Cl)cnc1CN/C=C1\CCC(=O)N1. The third-order valence-electron chi connectivity index (χ3n) is 8.20. The summed E-state index contributed by atoms with van der Waals surface area (Å²) >= 11 is 14.1. The monoisotopic (exact) mass is 688 g/mol. The van der Waals surface area contributed by atoms with Gasteiger partial charge in [-0.25, -0.2) is 9.97 Å². The summed E-state index contributed by atoms with van der Waals surface area (Å²) in [5.74, 6) is 0.822. The summed E-state index contributed by atoms with van der Waals surface area (Å²) in [6, 6.07) is 11.5. The zero-order valence-electron chi connectivity index (χ0n) is 26.6. The van der Waals surface area contributed by atoms with Crippen molar-refractivity contribution in [2.75, 3.05) is 27.3 Å². The van der Waals surface area contributed by atoms with E-state index in [9.17, 15) is 9.59 Å². The molecule has 2 saturated heterocycles. The molecule has 48 heavy (non-hydrogen) atoms. The highest BCUT2D eigenvalue weighted by Crippen LogP contribution is 2.42. The molecule has 2 amide bonds. The summed E-state index contributed by atoms with van der Waals surface area (Å²) in [6.07, 6.45) is 6.25. The maximum absolute atomic E-state index is 11.5. The van der Waals surface area contributed by atoms with Gasteiger partial charge < -0.3 is 30.3 Å². The molecule has 14 heteroatoms. The molecule has 0 atom stereocenters. The van der Waals surface area contributed by atoms with Crippen molar-refractivity contribution in [3.63, 3.8) is 0 Å². The molecule has 6 rings (SSSR count). The number of carbonyl (C=O) groups is 2. The van der Waals surface area contributed by atoms with Gasteiger partial charge in [0.2, 0.25) is 23.6 Å². The van der Waals surface area contributed by atoms with Crippen molar-refractivity contribution in [2.24, 2.45) is 0 Å². The minimum atomic E-state index is 0.0117. The van der Waals surface area contributed by atoms with Gasteiger partial charge in [0.05, 0.1) is 54.6 Å². The number of likely N-dealkylation sites (tertiary alicyclic amines) is 1. The van der Waals surface area contributed by atoms with E-state index in [1.165, 1.54) is 7.11 Å². The van der Waals surface area contributed by atoms with Gasteiger partial charge in [-0.3, -0.25) is 19.6 Å². The summed E-state index contributed by atoms with van der Waals surface area (Å²) in [7, 11) is 3.09. The summed E-state index contributed by atoms with van der Waals surface area (Å²) in [6.45, 7) is 3.71. The van der Waals surface area contributed by atoms with E-state index in [2.05, 4.69) is 25.9 Å². The zero-order valence-corrected chi connectivity index (χ0v) is 28.2. The minimum absolute atomic E-state index is 0.0117. The Bertz CT molecular complexity index is 1900. The van der Waals surface area contributed by atoms with Crippen LogP contribution in [0.3, 0.4) is 0 Å². The number of amides is 2. The Hall–Kier alpha value is -4.78. The molecule has 0 saturated carbocycles.